The van der Waals surface area contributed by atoms with Gasteiger partial charge in [-0.15, -0.1) is 11.8 Å². The Morgan fingerprint density at radius 2 is 1.85 bits per heavy atom. The van der Waals surface area contributed by atoms with E-state index < -0.39 is 0 Å². The maximum Gasteiger partial charge on any atom is 0.252 e. The predicted molar refractivity (Wildman–Crippen MR) is 104 cm³/mol. The first kappa shape index (κ1) is 18.1. The number of methoxy groups -OCH3 is 1. The van der Waals surface area contributed by atoms with E-state index in [9.17, 15) is 4.79 Å². The molecule has 0 aliphatic carbocycles. The minimum atomic E-state index is -0.353. The van der Waals surface area contributed by atoms with Crippen LogP contribution in [-0.4, -0.2) is 28.8 Å². The van der Waals surface area contributed by atoms with Crippen LogP contribution >= 0.6 is 11.8 Å². The van der Waals surface area contributed by atoms with Gasteiger partial charge in [0.25, 0.3) is 5.91 Å². The Kier molecular flexibility index (Phi) is 5.63. The molecule has 1 atom stereocenters. The molecule has 26 heavy (non-hydrogen) atoms. The molecular weight excluding hydrogens is 346 g/mol. The second-order valence-electron chi connectivity index (χ2n) is 5.80. The zero-order chi connectivity index (χ0) is 18.5. The van der Waals surface area contributed by atoms with Gasteiger partial charge in [-0.3, -0.25) is 4.79 Å². The smallest absolute Gasteiger partial charge is 0.252 e. The van der Waals surface area contributed by atoms with E-state index in [1.165, 1.54) is 0 Å². The summed E-state index contributed by atoms with van der Waals surface area (Å²) >= 11 is 1.65. The molecule has 6 heteroatoms. The number of amides is 1. The number of thioether (sulfide) groups is 1. The summed E-state index contributed by atoms with van der Waals surface area (Å²) in [7, 11) is 3.55. The van der Waals surface area contributed by atoms with Gasteiger partial charge in [0.15, 0.2) is 0 Å². The van der Waals surface area contributed by atoms with E-state index >= 15 is 0 Å². The SMILES string of the molecule is COc1ccc(C(NC(=O)c2ccc(SC)cc2)c2nccn2C)cc1. The molecule has 0 aliphatic heterocycles. The number of carbonyl (C=O) groups is 1. The number of carbonyl (C=O) groups excluding carboxylic acids is 1. The summed E-state index contributed by atoms with van der Waals surface area (Å²) in [5.41, 5.74) is 1.56. The molecule has 0 bridgehead atoms. The summed E-state index contributed by atoms with van der Waals surface area (Å²) in [5.74, 6) is 1.40. The summed E-state index contributed by atoms with van der Waals surface area (Å²) in [6, 6.07) is 14.9. The molecule has 0 radical (unpaired) electrons. The number of ether oxygens (including phenoxy) is 1. The van der Waals surface area contributed by atoms with Crippen LogP contribution in [0.15, 0.2) is 65.8 Å². The standard InChI is InChI=1S/C20H21N3O2S/c1-23-13-12-21-19(23)18(14-4-8-16(25-2)9-5-14)22-20(24)15-6-10-17(26-3)11-7-15/h4-13,18H,1-3H3,(H,22,24). The number of rotatable bonds is 6. The third-order valence-electron chi connectivity index (χ3n) is 4.19. The van der Waals surface area contributed by atoms with Gasteiger partial charge in [-0.1, -0.05) is 12.1 Å². The van der Waals surface area contributed by atoms with E-state index in [4.69, 9.17) is 4.74 Å². The number of aromatic nitrogens is 2. The largest absolute Gasteiger partial charge is 0.497 e. The number of hydrogen-bond donors (Lipinski definition) is 1. The van der Waals surface area contributed by atoms with E-state index in [-0.39, 0.29) is 11.9 Å². The summed E-state index contributed by atoms with van der Waals surface area (Å²) in [6.45, 7) is 0. The molecule has 1 N–H and O–H groups in total. The van der Waals surface area contributed by atoms with Crippen LogP contribution in [0.3, 0.4) is 0 Å². The van der Waals surface area contributed by atoms with Crippen molar-refractivity contribution >= 4 is 17.7 Å². The number of benzene rings is 2. The fourth-order valence-corrected chi connectivity index (χ4v) is 3.11. The fraction of sp³-hybridized carbons (Fsp3) is 0.200. The van der Waals surface area contributed by atoms with Crippen molar-refractivity contribution in [2.75, 3.05) is 13.4 Å². The van der Waals surface area contributed by atoms with Gasteiger partial charge in [-0.05, 0) is 48.2 Å². The molecule has 0 fully saturated rings. The molecule has 0 saturated heterocycles. The quantitative estimate of drug-likeness (QED) is 0.676. The molecule has 5 nitrogen and oxygen atoms in total. The van der Waals surface area contributed by atoms with Crippen molar-refractivity contribution in [3.05, 3.63) is 77.9 Å². The van der Waals surface area contributed by atoms with Crippen molar-refractivity contribution in [3.8, 4) is 5.75 Å². The Bertz CT molecular complexity index is 873. The third-order valence-corrected chi connectivity index (χ3v) is 4.94. The van der Waals surface area contributed by atoms with Crippen molar-refractivity contribution in [1.82, 2.24) is 14.9 Å². The van der Waals surface area contributed by atoms with E-state index in [1.54, 1.807) is 25.1 Å². The lowest BCUT2D eigenvalue weighted by atomic mass is 10.0. The minimum Gasteiger partial charge on any atom is -0.497 e. The van der Waals surface area contributed by atoms with Gasteiger partial charge in [0.2, 0.25) is 0 Å². The van der Waals surface area contributed by atoms with Crippen LogP contribution in [0.25, 0.3) is 0 Å². The van der Waals surface area contributed by atoms with Crippen LogP contribution in [0.5, 0.6) is 5.75 Å². The summed E-state index contributed by atoms with van der Waals surface area (Å²) in [6.07, 6.45) is 5.60. The highest BCUT2D eigenvalue weighted by Crippen LogP contribution is 2.24. The number of nitrogens with zero attached hydrogens (tertiary/aromatic N) is 2. The number of imidazole rings is 1. The van der Waals surface area contributed by atoms with Gasteiger partial charge in [0, 0.05) is 29.9 Å². The molecule has 0 saturated carbocycles. The Hall–Kier alpha value is -2.73. The second kappa shape index (κ2) is 8.10. The van der Waals surface area contributed by atoms with Crippen LogP contribution in [0.4, 0.5) is 0 Å². The Labute approximate surface area is 157 Å². The van der Waals surface area contributed by atoms with Crippen LogP contribution in [0.1, 0.15) is 27.8 Å². The Morgan fingerprint density at radius 1 is 1.15 bits per heavy atom. The van der Waals surface area contributed by atoms with Gasteiger partial charge in [-0.2, -0.15) is 0 Å². The average Bonchev–Trinajstić information content (AvgIpc) is 3.11. The molecule has 2 aromatic carbocycles. The summed E-state index contributed by atoms with van der Waals surface area (Å²) in [4.78, 5) is 18.3. The number of nitrogens with one attached hydrogen (secondary N) is 1. The third kappa shape index (κ3) is 3.91. The van der Waals surface area contributed by atoms with Crippen LogP contribution in [-0.2, 0) is 7.05 Å². The van der Waals surface area contributed by atoms with Gasteiger partial charge in [0.1, 0.15) is 17.6 Å². The van der Waals surface area contributed by atoms with Crippen molar-refractivity contribution < 1.29 is 9.53 Å². The molecule has 3 rings (SSSR count). The zero-order valence-corrected chi connectivity index (χ0v) is 15.8. The highest BCUT2D eigenvalue weighted by Gasteiger charge is 2.21. The van der Waals surface area contributed by atoms with E-state index in [0.29, 0.717) is 5.56 Å². The maximum atomic E-state index is 12.8. The molecule has 1 aromatic heterocycles. The van der Waals surface area contributed by atoms with Gasteiger partial charge in [0.05, 0.1) is 7.11 Å². The van der Waals surface area contributed by atoms with Crippen LogP contribution in [0.2, 0.25) is 0 Å². The van der Waals surface area contributed by atoms with Crippen molar-refractivity contribution in [2.24, 2.45) is 7.05 Å². The Balaban J connectivity index is 1.90. The first-order valence-corrected chi connectivity index (χ1v) is 9.41. The van der Waals surface area contributed by atoms with Crippen LogP contribution < -0.4 is 10.1 Å². The monoisotopic (exact) mass is 367 g/mol. The van der Waals surface area contributed by atoms with E-state index in [0.717, 1.165) is 22.0 Å². The lowest BCUT2D eigenvalue weighted by Gasteiger charge is -2.19. The average molecular weight is 367 g/mol. The maximum absolute atomic E-state index is 12.8. The van der Waals surface area contributed by atoms with Crippen molar-refractivity contribution in [2.45, 2.75) is 10.9 Å². The van der Waals surface area contributed by atoms with Crippen LogP contribution in [0, 0.1) is 0 Å². The molecular formula is C20H21N3O2S. The Morgan fingerprint density at radius 3 is 2.38 bits per heavy atom. The fourth-order valence-electron chi connectivity index (χ4n) is 2.71. The molecule has 1 amide bonds. The van der Waals surface area contributed by atoms with Gasteiger partial charge >= 0.3 is 0 Å². The minimum absolute atomic E-state index is 0.138. The van der Waals surface area contributed by atoms with Gasteiger partial charge in [-0.25, -0.2) is 4.98 Å². The normalized spacial score (nSPS) is 11.8. The highest BCUT2D eigenvalue weighted by molar-refractivity contribution is 7.98. The zero-order valence-electron chi connectivity index (χ0n) is 15.0. The molecule has 0 aliphatic rings. The molecule has 134 valence electrons. The number of hydrogen-bond acceptors (Lipinski definition) is 4. The van der Waals surface area contributed by atoms with Gasteiger partial charge < -0.3 is 14.6 Å². The first-order chi connectivity index (χ1) is 12.6. The lowest BCUT2D eigenvalue weighted by Crippen LogP contribution is -2.31. The topological polar surface area (TPSA) is 56.1 Å². The molecule has 0 spiro atoms. The highest BCUT2D eigenvalue weighted by atomic mass is 32.2. The molecule has 1 unspecified atom stereocenters. The van der Waals surface area contributed by atoms with Crippen molar-refractivity contribution in [1.29, 1.82) is 0 Å². The van der Waals surface area contributed by atoms with E-state index in [2.05, 4.69) is 10.3 Å². The lowest BCUT2D eigenvalue weighted by molar-refractivity contribution is 0.0941. The predicted octanol–water partition coefficient (Wildman–Crippen LogP) is 3.67. The van der Waals surface area contributed by atoms with E-state index in [1.807, 2.05) is 72.6 Å². The second-order valence-corrected chi connectivity index (χ2v) is 6.68. The summed E-state index contributed by atoms with van der Waals surface area (Å²) in [5, 5.41) is 3.10. The first-order valence-electron chi connectivity index (χ1n) is 8.18. The van der Waals surface area contributed by atoms with Crippen molar-refractivity contribution in [3.63, 3.8) is 0 Å². The molecule has 3 aromatic rings. The summed E-state index contributed by atoms with van der Waals surface area (Å²) < 4.78 is 7.13. The number of aryl methyl sites for hydroxylation is 1. The molecule has 1 heterocycles.